The predicted molar refractivity (Wildman–Crippen MR) is 141 cm³/mol. The van der Waals surface area contributed by atoms with Crippen LogP contribution in [0.15, 0.2) is 60.7 Å². The second-order valence-electron chi connectivity index (χ2n) is 10.2. The summed E-state index contributed by atoms with van der Waals surface area (Å²) in [5.74, 6) is -2.12. The molecular weight excluding hydrogens is 520 g/mol. The number of halogens is 4. The van der Waals surface area contributed by atoms with Crippen LogP contribution in [-0.4, -0.2) is 20.6 Å². The molecule has 204 valence electrons. The minimum Gasteiger partial charge on any atom is -0.351 e. The summed E-state index contributed by atoms with van der Waals surface area (Å²) in [6.07, 6.45) is -3.67. The lowest BCUT2D eigenvalue weighted by molar-refractivity contribution is -0.138. The molecule has 5 nitrogen and oxygen atoms in total. The molecule has 0 saturated heterocycles. The van der Waals surface area contributed by atoms with Crippen molar-refractivity contribution in [3.05, 3.63) is 88.7 Å². The Hall–Kier alpha value is -3.40. The average molecular weight is 551 g/mol. The van der Waals surface area contributed by atoms with Gasteiger partial charge in [-0.15, -0.1) is 0 Å². The Bertz CT molecular complexity index is 1430. The molecule has 0 saturated carbocycles. The summed E-state index contributed by atoms with van der Waals surface area (Å²) in [6.45, 7) is 6.59. The molecule has 3 aromatic carbocycles. The Morgan fingerprint density at radius 2 is 1.58 bits per heavy atom. The monoisotopic (exact) mass is 550 g/mol. The summed E-state index contributed by atoms with van der Waals surface area (Å²) in [6, 6.07) is 15.0. The quantitative estimate of drug-likeness (QED) is 0.326. The zero-order valence-electron chi connectivity index (χ0n) is 21.7. The molecule has 10 heteroatoms. The van der Waals surface area contributed by atoms with Gasteiger partial charge >= 0.3 is 6.18 Å². The summed E-state index contributed by atoms with van der Waals surface area (Å²) in [4.78, 5) is 13.0. The van der Waals surface area contributed by atoms with Gasteiger partial charge in [-0.25, -0.2) is 12.8 Å². The van der Waals surface area contributed by atoms with E-state index in [4.69, 9.17) is 0 Å². The fourth-order valence-corrected chi connectivity index (χ4v) is 4.67. The third kappa shape index (κ3) is 7.12. The van der Waals surface area contributed by atoms with Crippen LogP contribution in [-0.2, 0) is 33.0 Å². The number of hydrogen-bond donors (Lipinski definition) is 2. The van der Waals surface area contributed by atoms with Gasteiger partial charge in [0.1, 0.15) is 5.82 Å². The van der Waals surface area contributed by atoms with E-state index in [9.17, 15) is 30.8 Å². The minimum absolute atomic E-state index is 0.0508. The first kappa shape index (κ1) is 29.2. The van der Waals surface area contributed by atoms with Gasteiger partial charge in [0.05, 0.1) is 23.4 Å². The van der Waals surface area contributed by atoms with E-state index in [0.29, 0.717) is 22.3 Å². The molecule has 0 aliphatic carbocycles. The Labute approximate surface area is 220 Å². The maximum absolute atomic E-state index is 14.4. The molecule has 1 atom stereocenters. The zero-order valence-corrected chi connectivity index (χ0v) is 22.5. The summed E-state index contributed by atoms with van der Waals surface area (Å²) in [5.41, 5.74) is 0.0665. The minimum atomic E-state index is -4.56. The van der Waals surface area contributed by atoms with E-state index in [2.05, 4.69) is 10.0 Å². The maximum atomic E-state index is 14.4. The average Bonchev–Trinajstić information content (AvgIpc) is 2.81. The summed E-state index contributed by atoms with van der Waals surface area (Å²) in [5, 5.41) is 2.76. The zero-order chi connectivity index (χ0) is 28.5. The highest BCUT2D eigenvalue weighted by atomic mass is 32.2. The molecular formula is C28H30F4N2O3S. The molecule has 0 bridgehead atoms. The van der Waals surface area contributed by atoms with E-state index >= 15 is 0 Å². The standard InChI is InChI=1S/C28H30F4N2O3S/c1-17(19-11-12-25(24(29)14-19)34-38(5,36)37)26(35)33-16-20-13-22(27(2,3)4)23(28(30,31)32)15-21(20)18-9-7-6-8-10-18/h6-15,17,34H,16H2,1-5H3,(H,33,35). The fraction of sp³-hybridized carbons (Fsp3) is 0.321. The third-order valence-corrected chi connectivity index (χ3v) is 6.67. The Morgan fingerprint density at radius 1 is 0.947 bits per heavy atom. The lowest BCUT2D eigenvalue weighted by Crippen LogP contribution is -2.28. The lowest BCUT2D eigenvalue weighted by Gasteiger charge is -2.27. The van der Waals surface area contributed by atoms with Gasteiger partial charge in [0, 0.05) is 6.54 Å². The van der Waals surface area contributed by atoms with Crippen LogP contribution in [0.5, 0.6) is 0 Å². The van der Waals surface area contributed by atoms with Crippen LogP contribution >= 0.6 is 0 Å². The summed E-state index contributed by atoms with van der Waals surface area (Å²) < 4.78 is 81.4. The highest BCUT2D eigenvalue weighted by Gasteiger charge is 2.37. The van der Waals surface area contributed by atoms with Crippen molar-refractivity contribution >= 4 is 21.6 Å². The third-order valence-electron chi connectivity index (χ3n) is 6.08. The predicted octanol–water partition coefficient (Wildman–Crippen LogP) is 6.60. The van der Waals surface area contributed by atoms with E-state index in [1.807, 2.05) is 0 Å². The van der Waals surface area contributed by atoms with Gasteiger partial charge in [-0.1, -0.05) is 63.2 Å². The number of amides is 1. The molecule has 3 rings (SSSR count). The molecule has 0 aromatic heterocycles. The van der Waals surface area contributed by atoms with Crippen molar-refractivity contribution < 1.29 is 30.8 Å². The molecule has 0 fully saturated rings. The van der Waals surface area contributed by atoms with Crippen molar-refractivity contribution in [3.63, 3.8) is 0 Å². The molecule has 3 aromatic rings. The van der Waals surface area contributed by atoms with Crippen LogP contribution in [0.3, 0.4) is 0 Å². The van der Waals surface area contributed by atoms with Crippen molar-refractivity contribution in [1.29, 1.82) is 0 Å². The van der Waals surface area contributed by atoms with Gasteiger partial charge in [0.25, 0.3) is 0 Å². The number of nitrogens with one attached hydrogen (secondary N) is 2. The first-order valence-corrected chi connectivity index (χ1v) is 13.7. The van der Waals surface area contributed by atoms with E-state index in [-0.39, 0.29) is 17.8 Å². The number of rotatable bonds is 7. The van der Waals surface area contributed by atoms with Gasteiger partial charge in [-0.05, 0) is 58.4 Å². The highest BCUT2D eigenvalue weighted by molar-refractivity contribution is 7.92. The smallest absolute Gasteiger partial charge is 0.351 e. The van der Waals surface area contributed by atoms with Gasteiger partial charge in [-0.2, -0.15) is 13.2 Å². The first-order chi connectivity index (χ1) is 17.5. The van der Waals surface area contributed by atoms with Crippen LogP contribution in [0, 0.1) is 5.82 Å². The van der Waals surface area contributed by atoms with Crippen molar-refractivity contribution in [1.82, 2.24) is 5.32 Å². The molecule has 1 unspecified atom stereocenters. The van der Waals surface area contributed by atoms with Gasteiger partial charge in [0.15, 0.2) is 0 Å². The number of carbonyl (C=O) groups is 1. The number of alkyl halides is 3. The molecule has 1 amide bonds. The Kier molecular flexibility index (Phi) is 8.26. The molecule has 0 radical (unpaired) electrons. The summed E-state index contributed by atoms with van der Waals surface area (Å²) >= 11 is 0. The highest BCUT2D eigenvalue weighted by Crippen LogP contribution is 2.41. The number of anilines is 1. The van der Waals surface area contributed by atoms with Crippen LogP contribution in [0.25, 0.3) is 11.1 Å². The largest absolute Gasteiger partial charge is 0.416 e. The number of carbonyl (C=O) groups excluding carboxylic acids is 1. The molecule has 2 N–H and O–H groups in total. The second-order valence-corrected chi connectivity index (χ2v) is 12.0. The number of sulfonamides is 1. The fourth-order valence-electron chi connectivity index (χ4n) is 4.10. The SMILES string of the molecule is CC(C(=O)NCc1cc(C(C)(C)C)c(C(F)(F)F)cc1-c1ccccc1)c1ccc(NS(C)(=O)=O)c(F)c1. The van der Waals surface area contributed by atoms with Gasteiger partial charge in [0.2, 0.25) is 15.9 Å². The maximum Gasteiger partial charge on any atom is 0.416 e. The van der Waals surface area contributed by atoms with E-state index < -0.39 is 44.8 Å². The van der Waals surface area contributed by atoms with Gasteiger partial charge < -0.3 is 5.32 Å². The van der Waals surface area contributed by atoms with E-state index in [0.717, 1.165) is 18.4 Å². The Morgan fingerprint density at radius 3 is 2.11 bits per heavy atom. The van der Waals surface area contributed by atoms with Gasteiger partial charge in [-0.3, -0.25) is 9.52 Å². The molecule has 0 spiro atoms. The van der Waals surface area contributed by atoms with Crippen LogP contribution in [0.1, 0.15) is 55.9 Å². The first-order valence-electron chi connectivity index (χ1n) is 11.8. The molecule has 38 heavy (non-hydrogen) atoms. The Balaban J connectivity index is 1.94. The van der Waals surface area contributed by atoms with E-state index in [1.54, 1.807) is 58.0 Å². The lowest BCUT2D eigenvalue weighted by atomic mass is 9.80. The van der Waals surface area contributed by atoms with Crippen LogP contribution < -0.4 is 10.0 Å². The van der Waals surface area contributed by atoms with Crippen molar-refractivity contribution in [2.24, 2.45) is 0 Å². The number of benzene rings is 3. The van der Waals surface area contributed by atoms with Crippen LogP contribution in [0.2, 0.25) is 0 Å². The molecule has 0 aliphatic rings. The van der Waals surface area contributed by atoms with Crippen molar-refractivity contribution in [3.8, 4) is 11.1 Å². The van der Waals surface area contributed by atoms with Crippen LogP contribution in [0.4, 0.5) is 23.2 Å². The van der Waals surface area contributed by atoms with Crippen molar-refractivity contribution in [2.75, 3.05) is 11.0 Å². The molecule has 0 heterocycles. The second kappa shape index (κ2) is 10.8. The normalized spacial score (nSPS) is 13.2. The summed E-state index contributed by atoms with van der Waals surface area (Å²) in [7, 11) is -3.68. The molecule has 0 aliphatic heterocycles. The topological polar surface area (TPSA) is 75.3 Å². The van der Waals surface area contributed by atoms with E-state index in [1.165, 1.54) is 18.2 Å². The van der Waals surface area contributed by atoms with Crippen molar-refractivity contribution in [2.45, 2.75) is 51.7 Å². The number of hydrogen-bond acceptors (Lipinski definition) is 3.